The molecule has 3 heterocycles. The molecule has 1 N–H and O–H groups in total. The predicted molar refractivity (Wildman–Crippen MR) is 151 cm³/mol. The van der Waals surface area contributed by atoms with Crippen LogP contribution in [0.3, 0.4) is 0 Å². The van der Waals surface area contributed by atoms with Gasteiger partial charge in [0.15, 0.2) is 17.5 Å². The van der Waals surface area contributed by atoms with Crippen molar-refractivity contribution in [3.05, 3.63) is 77.6 Å². The second-order valence-electron chi connectivity index (χ2n) is 10.5. The van der Waals surface area contributed by atoms with E-state index >= 15 is 0 Å². The number of nitrogens with zero attached hydrogens (tertiary/aromatic N) is 5. The molecule has 42 heavy (non-hydrogen) atoms. The third-order valence-corrected chi connectivity index (χ3v) is 8.04. The number of anilines is 2. The van der Waals surface area contributed by atoms with Crippen molar-refractivity contribution in [2.75, 3.05) is 50.0 Å². The molecule has 2 atom stereocenters. The molecule has 0 spiro atoms. The minimum absolute atomic E-state index is 0.0377. The van der Waals surface area contributed by atoms with Crippen LogP contribution in [0.4, 0.5) is 29.6 Å². The van der Waals surface area contributed by atoms with Crippen LogP contribution in [0.1, 0.15) is 31.2 Å². The molecule has 222 valence electrons. The molecule has 9 nitrogen and oxygen atoms in total. The lowest BCUT2D eigenvalue weighted by atomic mass is 9.93. The van der Waals surface area contributed by atoms with E-state index in [0.29, 0.717) is 37.3 Å². The van der Waals surface area contributed by atoms with Gasteiger partial charge in [-0.25, -0.2) is 18.0 Å². The second-order valence-corrected chi connectivity index (χ2v) is 10.5. The molecule has 2 aliphatic rings. The molecule has 3 aromatic rings. The quantitative estimate of drug-likeness (QED) is 0.433. The van der Waals surface area contributed by atoms with Gasteiger partial charge in [0, 0.05) is 51.6 Å². The fraction of sp³-hybridized carbons (Fsp3) is 0.400. The van der Waals surface area contributed by atoms with Crippen LogP contribution < -0.4 is 15.0 Å². The number of carbonyl (C=O) groups excluding carboxylic acids is 2. The summed E-state index contributed by atoms with van der Waals surface area (Å²) >= 11 is 0. The smallest absolute Gasteiger partial charge is 0.410 e. The minimum Gasteiger partial charge on any atom is -0.410 e. The summed E-state index contributed by atoms with van der Waals surface area (Å²) in [5, 5.41) is 11.3. The monoisotopic (exact) mass is 582 g/mol. The van der Waals surface area contributed by atoms with Crippen LogP contribution in [0.15, 0.2) is 54.6 Å². The van der Waals surface area contributed by atoms with Crippen LogP contribution in [0.25, 0.3) is 0 Å². The fourth-order valence-electron chi connectivity index (χ4n) is 5.76. The van der Waals surface area contributed by atoms with Gasteiger partial charge in [-0.1, -0.05) is 6.07 Å². The molecule has 2 aliphatic heterocycles. The molecule has 5 rings (SSSR count). The Morgan fingerprint density at radius 2 is 1.71 bits per heavy atom. The molecule has 0 aliphatic carbocycles. The number of halogens is 3. The van der Waals surface area contributed by atoms with E-state index in [4.69, 9.17) is 4.74 Å². The van der Waals surface area contributed by atoms with Gasteiger partial charge in [0.05, 0.1) is 6.04 Å². The standard InChI is InChI=1S/C30H33F3N6O3/c1-3-39(30(41)42-22-7-5-21(31)6-8-22)26-18-38(17-23(26)20-4-9-24(32)25(33)16-20)29(40)19-12-14-37(15-13-19)28-11-10-27(34-2)35-36-28/h4-11,16,19,23,26H,3,12-15,17-18H2,1-2H3,(H,34,35). The molecular weight excluding hydrogens is 549 g/mol. The highest BCUT2D eigenvalue weighted by molar-refractivity contribution is 5.80. The summed E-state index contributed by atoms with van der Waals surface area (Å²) in [6.45, 7) is 3.76. The summed E-state index contributed by atoms with van der Waals surface area (Å²) in [5.41, 5.74) is 0.487. The van der Waals surface area contributed by atoms with E-state index in [1.165, 1.54) is 35.2 Å². The van der Waals surface area contributed by atoms with Gasteiger partial charge in [0.2, 0.25) is 5.91 Å². The number of ether oxygens (including phenoxy) is 1. The van der Waals surface area contributed by atoms with Crippen molar-refractivity contribution in [1.29, 1.82) is 0 Å². The van der Waals surface area contributed by atoms with Gasteiger partial charge in [0.1, 0.15) is 17.4 Å². The maximum Gasteiger partial charge on any atom is 0.415 e. The third-order valence-electron chi connectivity index (χ3n) is 8.04. The normalized spacial score (nSPS) is 19.1. The number of rotatable bonds is 7. The highest BCUT2D eigenvalue weighted by Crippen LogP contribution is 2.35. The van der Waals surface area contributed by atoms with E-state index in [-0.39, 0.29) is 37.2 Å². The number of aromatic nitrogens is 2. The zero-order chi connectivity index (χ0) is 29.8. The molecule has 2 amide bonds. The summed E-state index contributed by atoms with van der Waals surface area (Å²) < 4.78 is 46.9. The summed E-state index contributed by atoms with van der Waals surface area (Å²) in [4.78, 5) is 32.3. The molecule has 2 aromatic carbocycles. The van der Waals surface area contributed by atoms with Crippen LogP contribution in [0, 0.1) is 23.4 Å². The highest BCUT2D eigenvalue weighted by atomic mass is 19.2. The van der Waals surface area contributed by atoms with E-state index in [0.717, 1.165) is 18.0 Å². The molecule has 2 fully saturated rings. The molecule has 0 bridgehead atoms. The number of likely N-dealkylation sites (tertiary alicyclic amines) is 1. The van der Waals surface area contributed by atoms with E-state index in [1.807, 2.05) is 12.1 Å². The minimum atomic E-state index is -0.994. The highest BCUT2D eigenvalue weighted by Gasteiger charge is 2.43. The maximum atomic E-state index is 14.3. The molecule has 2 unspecified atom stereocenters. The first-order valence-corrected chi connectivity index (χ1v) is 14.0. The number of carbonyl (C=O) groups is 2. The summed E-state index contributed by atoms with van der Waals surface area (Å²) in [6.07, 6.45) is 0.569. The summed E-state index contributed by atoms with van der Waals surface area (Å²) in [5.74, 6) is -1.56. The second kappa shape index (κ2) is 12.7. The Morgan fingerprint density at radius 3 is 2.33 bits per heavy atom. The first-order valence-electron chi connectivity index (χ1n) is 14.0. The van der Waals surface area contributed by atoms with Gasteiger partial charge < -0.3 is 24.8 Å². The molecule has 2 saturated heterocycles. The van der Waals surface area contributed by atoms with Crippen molar-refractivity contribution in [3.63, 3.8) is 0 Å². The Bertz CT molecular complexity index is 1400. The van der Waals surface area contributed by atoms with E-state index in [1.54, 1.807) is 18.9 Å². The first kappa shape index (κ1) is 29.2. The SMILES string of the molecule is CCN(C(=O)Oc1ccc(F)cc1)C1CN(C(=O)C2CCN(c3ccc(NC)nn3)CC2)CC1c1ccc(F)c(F)c1. The number of likely N-dealkylation sites (N-methyl/N-ethyl adjacent to an activating group) is 1. The third kappa shape index (κ3) is 6.27. The lowest BCUT2D eigenvalue weighted by molar-refractivity contribution is -0.135. The van der Waals surface area contributed by atoms with E-state index in [9.17, 15) is 22.8 Å². The lowest BCUT2D eigenvalue weighted by Gasteiger charge is -2.34. The summed E-state index contributed by atoms with van der Waals surface area (Å²) in [7, 11) is 1.77. The Morgan fingerprint density at radius 1 is 0.976 bits per heavy atom. The Kier molecular flexibility index (Phi) is 8.79. The van der Waals surface area contributed by atoms with Gasteiger partial charge in [0.25, 0.3) is 0 Å². The Hall–Kier alpha value is -4.35. The average Bonchev–Trinajstić information content (AvgIpc) is 3.45. The number of hydrogen-bond acceptors (Lipinski definition) is 7. The summed E-state index contributed by atoms with van der Waals surface area (Å²) in [6, 6.07) is 11.9. The zero-order valence-corrected chi connectivity index (χ0v) is 23.5. The van der Waals surface area contributed by atoms with Crippen LogP contribution in [0.5, 0.6) is 5.75 Å². The predicted octanol–water partition coefficient (Wildman–Crippen LogP) is 4.67. The van der Waals surface area contributed by atoms with Crippen LogP contribution in [-0.2, 0) is 4.79 Å². The lowest BCUT2D eigenvalue weighted by Crippen LogP contribution is -2.47. The fourth-order valence-corrected chi connectivity index (χ4v) is 5.76. The van der Waals surface area contributed by atoms with Crippen molar-refractivity contribution in [2.45, 2.75) is 31.7 Å². The topological polar surface area (TPSA) is 90.9 Å². The van der Waals surface area contributed by atoms with Crippen molar-refractivity contribution in [3.8, 4) is 5.75 Å². The average molecular weight is 583 g/mol. The number of nitrogens with one attached hydrogen (secondary N) is 1. The number of hydrogen-bond donors (Lipinski definition) is 1. The Balaban J connectivity index is 1.31. The van der Waals surface area contributed by atoms with Crippen molar-refractivity contribution >= 4 is 23.6 Å². The van der Waals surface area contributed by atoms with E-state index < -0.39 is 35.5 Å². The number of piperidine rings is 1. The van der Waals surface area contributed by atoms with Crippen molar-refractivity contribution in [2.24, 2.45) is 5.92 Å². The van der Waals surface area contributed by atoms with Gasteiger partial charge in [-0.15, -0.1) is 10.2 Å². The maximum absolute atomic E-state index is 14.3. The molecular formula is C30H33F3N6O3. The largest absolute Gasteiger partial charge is 0.415 e. The molecule has 12 heteroatoms. The van der Waals surface area contributed by atoms with Gasteiger partial charge in [-0.05, 0) is 73.9 Å². The van der Waals surface area contributed by atoms with Gasteiger partial charge >= 0.3 is 6.09 Å². The molecule has 0 saturated carbocycles. The van der Waals surface area contributed by atoms with Crippen molar-refractivity contribution in [1.82, 2.24) is 20.0 Å². The van der Waals surface area contributed by atoms with E-state index in [2.05, 4.69) is 20.4 Å². The van der Waals surface area contributed by atoms with Crippen LogP contribution in [0.2, 0.25) is 0 Å². The molecule has 0 radical (unpaired) electrons. The number of amides is 2. The molecule has 1 aromatic heterocycles. The number of benzene rings is 2. The van der Waals surface area contributed by atoms with Crippen LogP contribution >= 0.6 is 0 Å². The van der Waals surface area contributed by atoms with Gasteiger partial charge in [-0.3, -0.25) is 4.79 Å². The van der Waals surface area contributed by atoms with Gasteiger partial charge in [-0.2, -0.15) is 0 Å². The first-order chi connectivity index (χ1) is 20.3. The zero-order valence-electron chi connectivity index (χ0n) is 23.5. The Labute approximate surface area is 242 Å². The van der Waals surface area contributed by atoms with Crippen LogP contribution in [-0.4, -0.2) is 77.8 Å². The van der Waals surface area contributed by atoms with Crippen molar-refractivity contribution < 1.29 is 27.5 Å².